The average molecular weight is 298 g/mol. The largest absolute Gasteiger partial charge is 0.460 e. The molecule has 1 N–H and O–H groups in total. The number of esters is 1. The summed E-state index contributed by atoms with van der Waals surface area (Å²) in [6.07, 6.45) is 15.3. The molecular weight excluding hydrogens is 264 g/mol. The van der Waals surface area contributed by atoms with E-state index in [1.54, 1.807) is 0 Å². The molecule has 3 heteroatoms. The minimum Gasteiger partial charge on any atom is -0.460 e. The second-order valence-corrected chi connectivity index (χ2v) is 6.46. The van der Waals surface area contributed by atoms with Gasteiger partial charge in [-0.05, 0) is 19.3 Å². The molecule has 1 saturated heterocycles. The highest BCUT2D eigenvalue weighted by atomic mass is 16.6. The Morgan fingerprint density at radius 2 is 1.62 bits per heavy atom. The summed E-state index contributed by atoms with van der Waals surface area (Å²) < 4.78 is 5.20. The zero-order valence-corrected chi connectivity index (χ0v) is 13.8. The molecule has 1 aliphatic rings. The predicted octanol–water partition coefficient (Wildman–Crippen LogP) is 4.75. The van der Waals surface area contributed by atoms with Gasteiger partial charge in [-0.15, -0.1) is 0 Å². The number of aliphatic hydroxyl groups excluding tert-OH is 1. The van der Waals surface area contributed by atoms with Crippen LogP contribution in [0.2, 0.25) is 0 Å². The maximum Gasteiger partial charge on any atom is 0.306 e. The van der Waals surface area contributed by atoms with Crippen LogP contribution in [-0.4, -0.2) is 23.3 Å². The molecule has 1 heterocycles. The van der Waals surface area contributed by atoms with Crippen LogP contribution in [0, 0.1) is 0 Å². The van der Waals surface area contributed by atoms with E-state index >= 15 is 0 Å². The Balaban J connectivity index is 1.88. The Kier molecular flexibility index (Phi) is 10.6. The summed E-state index contributed by atoms with van der Waals surface area (Å²) in [6, 6.07) is 0. The van der Waals surface area contributed by atoms with Crippen molar-refractivity contribution in [3.05, 3.63) is 0 Å². The molecule has 1 rings (SSSR count). The molecule has 3 nitrogen and oxygen atoms in total. The third kappa shape index (κ3) is 9.13. The first kappa shape index (κ1) is 18.5. The Hall–Kier alpha value is -0.570. The average Bonchev–Trinajstić information content (AvgIpc) is 2.49. The second-order valence-electron chi connectivity index (χ2n) is 6.46. The molecule has 0 saturated carbocycles. The smallest absolute Gasteiger partial charge is 0.306 e. The van der Waals surface area contributed by atoms with Crippen molar-refractivity contribution < 1.29 is 14.6 Å². The van der Waals surface area contributed by atoms with Crippen LogP contribution in [0.25, 0.3) is 0 Å². The molecule has 0 radical (unpaired) electrons. The molecule has 0 aromatic carbocycles. The lowest BCUT2D eigenvalue weighted by molar-refractivity contribution is -0.161. The van der Waals surface area contributed by atoms with Crippen LogP contribution in [0.3, 0.4) is 0 Å². The minimum atomic E-state index is -0.455. The molecule has 1 fully saturated rings. The number of cyclic esters (lactones) is 1. The Morgan fingerprint density at radius 3 is 2.19 bits per heavy atom. The fourth-order valence-corrected chi connectivity index (χ4v) is 3.03. The van der Waals surface area contributed by atoms with Crippen molar-refractivity contribution in [1.29, 1.82) is 0 Å². The van der Waals surface area contributed by atoms with E-state index in [0.29, 0.717) is 6.42 Å². The van der Waals surface area contributed by atoms with Gasteiger partial charge in [-0.2, -0.15) is 0 Å². The van der Waals surface area contributed by atoms with Gasteiger partial charge < -0.3 is 9.84 Å². The number of carbonyl (C=O) groups is 1. The zero-order chi connectivity index (χ0) is 15.3. The van der Waals surface area contributed by atoms with Gasteiger partial charge in [0.25, 0.3) is 0 Å². The molecule has 0 amide bonds. The summed E-state index contributed by atoms with van der Waals surface area (Å²) in [5, 5.41) is 10.0. The van der Waals surface area contributed by atoms with E-state index in [1.807, 2.05) is 0 Å². The highest BCUT2D eigenvalue weighted by Crippen LogP contribution is 2.20. The van der Waals surface area contributed by atoms with Gasteiger partial charge in [-0.25, -0.2) is 0 Å². The Morgan fingerprint density at radius 1 is 1.05 bits per heavy atom. The molecule has 0 aliphatic carbocycles. The normalized spacial score (nSPS) is 20.3. The maximum absolute atomic E-state index is 11.2. The lowest BCUT2D eigenvalue weighted by atomic mass is 9.98. The molecule has 0 aromatic rings. The number of unbranched alkanes of at least 4 members (excludes halogenated alkanes) is 9. The first-order valence-corrected chi connectivity index (χ1v) is 9.11. The van der Waals surface area contributed by atoms with E-state index in [0.717, 1.165) is 25.7 Å². The lowest BCUT2D eigenvalue weighted by Gasteiger charge is -2.26. The number of aliphatic hydroxyl groups is 1. The Labute approximate surface area is 130 Å². The molecule has 21 heavy (non-hydrogen) atoms. The highest BCUT2D eigenvalue weighted by Gasteiger charge is 2.26. The summed E-state index contributed by atoms with van der Waals surface area (Å²) in [6.45, 7) is 2.25. The maximum atomic E-state index is 11.2. The van der Waals surface area contributed by atoms with Gasteiger partial charge in [-0.1, -0.05) is 71.1 Å². The molecule has 0 unspecified atom stereocenters. The van der Waals surface area contributed by atoms with Gasteiger partial charge in [0.05, 0.1) is 6.10 Å². The van der Waals surface area contributed by atoms with Crippen LogP contribution in [0.1, 0.15) is 96.8 Å². The summed E-state index contributed by atoms with van der Waals surface area (Å²) in [4.78, 5) is 11.2. The summed E-state index contributed by atoms with van der Waals surface area (Å²) in [7, 11) is 0. The number of carbonyl (C=O) groups excluding carboxylic acids is 1. The molecule has 1 aliphatic heterocycles. The summed E-state index contributed by atoms with van der Waals surface area (Å²) in [5.41, 5.74) is 0. The van der Waals surface area contributed by atoms with E-state index in [9.17, 15) is 9.90 Å². The second kappa shape index (κ2) is 12.0. The van der Waals surface area contributed by atoms with E-state index in [2.05, 4.69) is 6.92 Å². The zero-order valence-electron chi connectivity index (χ0n) is 13.8. The molecule has 0 spiro atoms. The minimum absolute atomic E-state index is 0.145. The SMILES string of the molecule is CCCCCCCCCCCC[C@@H](O)[C@H]1CCCC(=O)O1. The number of hydrogen-bond donors (Lipinski definition) is 1. The standard InChI is InChI=1S/C18H34O3/c1-2-3-4-5-6-7-8-9-10-11-13-16(19)17-14-12-15-18(20)21-17/h16-17,19H,2-15H2,1H3/t16-,17-/m1/s1. The number of ether oxygens (including phenoxy) is 1. The van der Waals surface area contributed by atoms with Crippen molar-refractivity contribution in [3.8, 4) is 0 Å². The van der Waals surface area contributed by atoms with E-state index in [1.165, 1.54) is 57.8 Å². The van der Waals surface area contributed by atoms with Crippen LogP contribution in [-0.2, 0) is 9.53 Å². The van der Waals surface area contributed by atoms with Crippen molar-refractivity contribution in [1.82, 2.24) is 0 Å². The van der Waals surface area contributed by atoms with E-state index < -0.39 is 6.10 Å². The van der Waals surface area contributed by atoms with Crippen molar-refractivity contribution in [2.24, 2.45) is 0 Å². The van der Waals surface area contributed by atoms with Gasteiger partial charge >= 0.3 is 5.97 Å². The fraction of sp³-hybridized carbons (Fsp3) is 0.944. The van der Waals surface area contributed by atoms with E-state index in [4.69, 9.17) is 4.74 Å². The number of hydrogen-bond acceptors (Lipinski definition) is 3. The third-order valence-corrected chi connectivity index (χ3v) is 4.43. The first-order chi connectivity index (χ1) is 10.2. The summed E-state index contributed by atoms with van der Waals surface area (Å²) >= 11 is 0. The monoisotopic (exact) mass is 298 g/mol. The van der Waals surface area contributed by atoms with Crippen LogP contribution >= 0.6 is 0 Å². The molecule has 0 aromatic heterocycles. The highest BCUT2D eigenvalue weighted by molar-refractivity contribution is 5.70. The van der Waals surface area contributed by atoms with Crippen molar-refractivity contribution >= 4 is 5.97 Å². The summed E-state index contributed by atoms with van der Waals surface area (Å²) in [5.74, 6) is -0.145. The molecule has 0 bridgehead atoms. The van der Waals surface area contributed by atoms with Gasteiger partial charge in [0.2, 0.25) is 0 Å². The molecule has 124 valence electrons. The number of rotatable bonds is 12. The van der Waals surface area contributed by atoms with Crippen molar-refractivity contribution in [3.63, 3.8) is 0 Å². The van der Waals surface area contributed by atoms with Gasteiger partial charge in [0, 0.05) is 6.42 Å². The fourth-order valence-electron chi connectivity index (χ4n) is 3.03. The van der Waals surface area contributed by atoms with Crippen molar-refractivity contribution in [2.45, 2.75) is 109 Å². The van der Waals surface area contributed by atoms with Crippen LogP contribution < -0.4 is 0 Å². The van der Waals surface area contributed by atoms with Crippen LogP contribution in [0.15, 0.2) is 0 Å². The molecule has 2 atom stereocenters. The first-order valence-electron chi connectivity index (χ1n) is 9.11. The van der Waals surface area contributed by atoms with E-state index in [-0.39, 0.29) is 12.1 Å². The Bertz CT molecular complexity index is 265. The molecular formula is C18H34O3. The van der Waals surface area contributed by atoms with Gasteiger partial charge in [0.1, 0.15) is 6.10 Å². The quantitative estimate of drug-likeness (QED) is 0.417. The third-order valence-electron chi connectivity index (χ3n) is 4.43. The predicted molar refractivity (Wildman–Crippen MR) is 86.2 cm³/mol. The van der Waals surface area contributed by atoms with Crippen molar-refractivity contribution in [2.75, 3.05) is 0 Å². The van der Waals surface area contributed by atoms with Gasteiger partial charge in [-0.3, -0.25) is 4.79 Å². The van der Waals surface area contributed by atoms with Crippen LogP contribution in [0.5, 0.6) is 0 Å². The lowest BCUT2D eigenvalue weighted by Crippen LogP contribution is -2.34. The van der Waals surface area contributed by atoms with Gasteiger partial charge in [0.15, 0.2) is 0 Å². The van der Waals surface area contributed by atoms with Crippen LogP contribution in [0.4, 0.5) is 0 Å². The topological polar surface area (TPSA) is 46.5 Å².